The maximum absolute atomic E-state index is 6.28. The van der Waals surface area contributed by atoms with Gasteiger partial charge in [-0.2, -0.15) is 0 Å². The van der Waals surface area contributed by atoms with Gasteiger partial charge < -0.3 is 14.0 Å². The van der Waals surface area contributed by atoms with Crippen molar-refractivity contribution in [1.29, 1.82) is 0 Å². The summed E-state index contributed by atoms with van der Waals surface area (Å²) in [7, 11) is -0.279. The molecule has 0 radical (unpaired) electrons. The van der Waals surface area contributed by atoms with Crippen LogP contribution in [0.3, 0.4) is 0 Å². The Kier molecular flexibility index (Phi) is 4.93. The molecule has 0 atom stereocenters. The van der Waals surface area contributed by atoms with Crippen LogP contribution in [0.15, 0.2) is 18.2 Å². The van der Waals surface area contributed by atoms with Crippen LogP contribution in [0, 0.1) is 0 Å². The number of hydrogen-bond donors (Lipinski definition) is 0. The van der Waals surface area contributed by atoms with Gasteiger partial charge in [-0.15, -0.1) is 0 Å². The lowest BCUT2D eigenvalue weighted by molar-refractivity contribution is 0.00578. The molecule has 0 amide bonds. The van der Waals surface area contributed by atoms with E-state index in [1.165, 1.54) is 30.6 Å². The van der Waals surface area contributed by atoms with Gasteiger partial charge in [-0.05, 0) is 82.6 Å². The molecule has 0 aliphatic carbocycles. The first-order valence-electron chi connectivity index (χ1n) is 10.1. The Morgan fingerprint density at radius 2 is 1.69 bits per heavy atom. The van der Waals surface area contributed by atoms with E-state index in [9.17, 15) is 0 Å². The molecule has 0 unspecified atom stereocenters. The van der Waals surface area contributed by atoms with Gasteiger partial charge in [0.2, 0.25) is 0 Å². The van der Waals surface area contributed by atoms with Gasteiger partial charge in [0.05, 0.1) is 11.2 Å². The second-order valence-electron chi connectivity index (χ2n) is 9.06. The van der Waals surface area contributed by atoms with Gasteiger partial charge in [0.25, 0.3) is 0 Å². The van der Waals surface area contributed by atoms with Crippen LogP contribution in [-0.4, -0.2) is 49.5 Å². The van der Waals surface area contributed by atoms with E-state index in [4.69, 9.17) is 14.0 Å². The summed E-state index contributed by atoms with van der Waals surface area (Å²) in [6.07, 6.45) is 3.58. The molecule has 4 nitrogen and oxygen atoms in total. The van der Waals surface area contributed by atoms with Gasteiger partial charge in [-0.25, -0.2) is 0 Å². The van der Waals surface area contributed by atoms with E-state index >= 15 is 0 Å². The summed E-state index contributed by atoms with van der Waals surface area (Å²) in [5, 5.41) is 0. The highest BCUT2D eigenvalue weighted by Crippen LogP contribution is 2.37. The fraction of sp³-hybridized carbons (Fsp3) is 0.714. The van der Waals surface area contributed by atoms with Crippen molar-refractivity contribution in [2.75, 3.05) is 26.3 Å². The Morgan fingerprint density at radius 1 is 1.04 bits per heavy atom. The molecule has 1 aromatic rings. The van der Waals surface area contributed by atoms with Crippen LogP contribution in [0.1, 0.15) is 64.0 Å². The van der Waals surface area contributed by atoms with Crippen molar-refractivity contribution < 1.29 is 14.0 Å². The second-order valence-corrected chi connectivity index (χ2v) is 9.06. The lowest BCUT2D eigenvalue weighted by Gasteiger charge is -2.33. The maximum atomic E-state index is 6.28. The van der Waals surface area contributed by atoms with Crippen molar-refractivity contribution in [3.05, 3.63) is 29.3 Å². The van der Waals surface area contributed by atoms with Gasteiger partial charge in [-0.3, -0.25) is 4.90 Å². The Hall–Kier alpha value is -0.875. The average molecular weight is 357 g/mol. The number of benzene rings is 1. The van der Waals surface area contributed by atoms with Crippen molar-refractivity contribution >= 4 is 12.6 Å². The summed E-state index contributed by atoms with van der Waals surface area (Å²) in [5.74, 6) is 0.618. The number of nitrogens with zero attached hydrogens (tertiary/aromatic N) is 1. The lowest BCUT2D eigenvalue weighted by atomic mass is 9.76. The second kappa shape index (κ2) is 6.94. The van der Waals surface area contributed by atoms with Crippen molar-refractivity contribution in [3.8, 4) is 0 Å². The molecule has 0 spiro atoms. The highest BCUT2D eigenvalue weighted by atomic mass is 16.7. The normalized spacial score (nSPS) is 26.1. The SMILES string of the molecule is CC1(C)OB(c2ccc(C3CCOCC3)c(CN3CCC3)c2)OC1(C)C. The minimum Gasteiger partial charge on any atom is -0.399 e. The highest BCUT2D eigenvalue weighted by molar-refractivity contribution is 6.62. The zero-order valence-corrected chi connectivity index (χ0v) is 16.7. The molecule has 142 valence electrons. The predicted molar refractivity (Wildman–Crippen MR) is 105 cm³/mol. The van der Waals surface area contributed by atoms with Gasteiger partial charge >= 0.3 is 7.12 Å². The smallest absolute Gasteiger partial charge is 0.399 e. The molecule has 0 N–H and O–H groups in total. The first-order valence-corrected chi connectivity index (χ1v) is 10.1. The Balaban J connectivity index is 1.61. The Bertz CT molecular complexity index is 635. The van der Waals surface area contributed by atoms with Crippen LogP contribution in [0.25, 0.3) is 0 Å². The minimum atomic E-state index is -0.297. The topological polar surface area (TPSA) is 30.9 Å². The van der Waals surface area contributed by atoms with E-state index in [-0.39, 0.29) is 18.3 Å². The van der Waals surface area contributed by atoms with Crippen molar-refractivity contribution in [2.45, 2.75) is 70.6 Å². The molecule has 0 saturated carbocycles. The van der Waals surface area contributed by atoms with E-state index in [1.807, 2.05) is 0 Å². The predicted octanol–water partition coefficient (Wildman–Crippen LogP) is 3.09. The summed E-state index contributed by atoms with van der Waals surface area (Å²) in [4.78, 5) is 2.53. The number of rotatable bonds is 4. The van der Waals surface area contributed by atoms with Gasteiger partial charge in [0.1, 0.15) is 0 Å². The van der Waals surface area contributed by atoms with Gasteiger partial charge in [-0.1, -0.05) is 18.2 Å². The van der Waals surface area contributed by atoms with Crippen LogP contribution in [0.2, 0.25) is 0 Å². The number of hydrogen-bond acceptors (Lipinski definition) is 4. The highest BCUT2D eigenvalue weighted by Gasteiger charge is 2.51. The first-order chi connectivity index (χ1) is 12.4. The van der Waals surface area contributed by atoms with Crippen LogP contribution in [0.5, 0.6) is 0 Å². The van der Waals surface area contributed by atoms with Crippen LogP contribution >= 0.6 is 0 Å². The molecule has 3 fully saturated rings. The molecule has 3 heterocycles. The zero-order chi connectivity index (χ0) is 18.4. The quantitative estimate of drug-likeness (QED) is 0.775. The van der Waals surface area contributed by atoms with E-state index in [0.717, 1.165) is 38.1 Å². The zero-order valence-electron chi connectivity index (χ0n) is 16.7. The van der Waals surface area contributed by atoms with Crippen LogP contribution in [-0.2, 0) is 20.6 Å². The summed E-state index contributed by atoms with van der Waals surface area (Å²) in [6, 6.07) is 6.88. The lowest BCUT2D eigenvalue weighted by Crippen LogP contribution is -2.41. The third-order valence-corrected chi connectivity index (χ3v) is 6.70. The van der Waals surface area contributed by atoms with E-state index in [2.05, 4.69) is 50.8 Å². The molecule has 0 bridgehead atoms. The molecule has 0 aromatic heterocycles. The fourth-order valence-corrected chi connectivity index (χ4v) is 4.08. The van der Waals surface area contributed by atoms with Gasteiger partial charge in [0.15, 0.2) is 0 Å². The van der Waals surface area contributed by atoms with Crippen LogP contribution in [0.4, 0.5) is 0 Å². The van der Waals surface area contributed by atoms with Gasteiger partial charge in [0, 0.05) is 19.8 Å². The molecular weight excluding hydrogens is 325 g/mol. The molecule has 1 aromatic carbocycles. The first kappa shape index (κ1) is 18.5. The van der Waals surface area contributed by atoms with Crippen LogP contribution < -0.4 is 5.46 Å². The Morgan fingerprint density at radius 3 is 2.27 bits per heavy atom. The molecule has 5 heteroatoms. The van der Waals surface area contributed by atoms with Crippen molar-refractivity contribution in [2.24, 2.45) is 0 Å². The number of likely N-dealkylation sites (tertiary alicyclic amines) is 1. The largest absolute Gasteiger partial charge is 0.494 e. The molecule has 3 saturated heterocycles. The summed E-state index contributed by atoms with van der Waals surface area (Å²) >= 11 is 0. The third kappa shape index (κ3) is 3.47. The van der Waals surface area contributed by atoms with E-state index in [0.29, 0.717) is 5.92 Å². The van der Waals surface area contributed by atoms with E-state index < -0.39 is 0 Å². The monoisotopic (exact) mass is 357 g/mol. The van der Waals surface area contributed by atoms with Crippen molar-refractivity contribution in [1.82, 2.24) is 4.90 Å². The molecule has 4 rings (SSSR count). The molecule has 26 heavy (non-hydrogen) atoms. The van der Waals surface area contributed by atoms with E-state index in [1.54, 1.807) is 0 Å². The molecule has 3 aliphatic heterocycles. The number of ether oxygens (including phenoxy) is 1. The summed E-state index contributed by atoms with van der Waals surface area (Å²) in [6.45, 7) is 13.7. The molecular formula is C21H32BNO3. The fourth-order valence-electron chi connectivity index (χ4n) is 4.08. The molecule has 3 aliphatic rings. The Labute approximate surface area is 158 Å². The van der Waals surface area contributed by atoms with Crippen molar-refractivity contribution in [3.63, 3.8) is 0 Å². The average Bonchev–Trinajstić information content (AvgIpc) is 2.79. The standard InChI is InChI=1S/C21H32BNO3/c1-20(2)21(3,4)26-22(25-20)18-6-7-19(16-8-12-24-13-9-16)17(14-18)15-23-10-5-11-23/h6-7,14,16H,5,8-13,15H2,1-4H3. The maximum Gasteiger partial charge on any atom is 0.494 e. The summed E-state index contributed by atoms with van der Waals surface area (Å²) in [5.41, 5.74) is 3.50. The third-order valence-electron chi connectivity index (χ3n) is 6.70. The summed E-state index contributed by atoms with van der Waals surface area (Å²) < 4.78 is 18.1. The minimum absolute atomic E-state index is 0.279.